The number of hydrogen-bond donors (Lipinski definition) is 0. The van der Waals surface area contributed by atoms with Gasteiger partial charge in [0.25, 0.3) is 0 Å². The minimum atomic E-state index is -0.0903. The lowest BCUT2D eigenvalue weighted by Gasteiger charge is -2.30. The van der Waals surface area contributed by atoms with Crippen molar-refractivity contribution in [2.75, 3.05) is 4.90 Å². The Kier molecular flexibility index (Phi) is 6.41. The van der Waals surface area contributed by atoms with Crippen LogP contribution in [-0.4, -0.2) is 0 Å². The summed E-state index contributed by atoms with van der Waals surface area (Å²) in [5.74, 6) is 0. The predicted octanol–water partition coefficient (Wildman–Crippen LogP) is 13.2. The average molecular weight is 620 g/mol. The molecule has 47 heavy (non-hydrogen) atoms. The molecule has 0 saturated carbocycles. The summed E-state index contributed by atoms with van der Waals surface area (Å²) in [7, 11) is 0. The SMILES string of the molecule is CC1(C)c2ccccc2-c2ccc(N(c3ccc(-c4ccccc4)cc3)c3ccccc3-c3cccc4c3sc3ccccc34)cc21. The molecule has 0 unspecified atom stereocenters. The van der Waals surface area contributed by atoms with Gasteiger partial charge in [-0.2, -0.15) is 0 Å². The van der Waals surface area contributed by atoms with E-state index in [1.165, 1.54) is 64.7 Å². The van der Waals surface area contributed by atoms with Gasteiger partial charge in [-0.25, -0.2) is 0 Å². The van der Waals surface area contributed by atoms with Gasteiger partial charge in [-0.3, -0.25) is 0 Å². The zero-order valence-corrected chi connectivity index (χ0v) is 27.3. The third kappa shape index (κ3) is 4.44. The molecule has 224 valence electrons. The van der Waals surface area contributed by atoms with E-state index >= 15 is 0 Å². The van der Waals surface area contributed by atoms with E-state index in [1.807, 2.05) is 11.3 Å². The minimum Gasteiger partial charge on any atom is -0.310 e. The molecule has 0 radical (unpaired) electrons. The van der Waals surface area contributed by atoms with Crippen LogP contribution in [0.25, 0.3) is 53.6 Å². The lowest BCUT2D eigenvalue weighted by atomic mass is 9.82. The molecule has 0 N–H and O–H groups in total. The van der Waals surface area contributed by atoms with Crippen molar-refractivity contribution in [1.29, 1.82) is 0 Å². The van der Waals surface area contributed by atoms with E-state index in [0.717, 1.165) is 17.1 Å². The molecule has 1 heterocycles. The molecule has 0 atom stereocenters. The summed E-state index contributed by atoms with van der Waals surface area (Å²) in [4.78, 5) is 2.45. The third-order valence-electron chi connectivity index (χ3n) is 9.90. The quantitative estimate of drug-likeness (QED) is 0.185. The zero-order chi connectivity index (χ0) is 31.5. The molecule has 1 nitrogen and oxygen atoms in total. The third-order valence-corrected chi connectivity index (χ3v) is 11.1. The molecule has 0 bridgehead atoms. The van der Waals surface area contributed by atoms with E-state index in [1.54, 1.807) is 0 Å². The van der Waals surface area contributed by atoms with Crippen LogP contribution >= 0.6 is 11.3 Å². The maximum absolute atomic E-state index is 2.45. The molecule has 0 amide bonds. The van der Waals surface area contributed by atoms with Crippen molar-refractivity contribution in [3.63, 3.8) is 0 Å². The van der Waals surface area contributed by atoms with Gasteiger partial charge in [-0.15, -0.1) is 11.3 Å². The second-order valence-electron chi connectivity index (χ2n) is 12.9. The Labute approximate surface area is 280 Å². The Balaban J connectivity index is 1.26. The lowest BCUT2D eigenvalue weighted by molar-refractivity contribution is 0.660. The molecule has 7 aromatic carbocycles. The van der Waals surface area contributed by atoms with Crippen LogP contribution in [0, 0.1) is 0 Å². The van der Waals surface area contributed by atoms with Gasteiger partial charge in [0.1, 0.15) is 0 Å². The molecule has 1 aliphatic carbocycles. The molecule has 9 rings (SSSR count). The van der Waals surface area contributed by atoms with E-state index in [4.69, 9.17) is 0 Å². The topological polar surface area (TPSA) is 3.24 Å². The van der Waals surface area contributed by atoms with Crippen LogP contribution < -0.4 is 4.90 Å². The maximum Gasteiger partial charge on any atom is 0.0540 e. The summed E-state index contributed by atoms with van der Waals surface area (Å²) in [6, 6.07) is 60.0. The van der Waals surface area contributed by atoms with Gasteiger partial charge < -0.3 is 4.90 Å². The average Bonchev–Trinajstić information content (AvgIpc) is 3.62. The van der Waals surface area contributed by atoms with Crippen LogP contribution in [0.4, 0.5) is 17.1 Å². The normalized spacial score (nSPS) is 13.1. The van der Waals surface area contributed by atoms with Gasteiger partial charge in [-0.05, 0) is 69.8 Å². The first kappa shape index (κ1) is 27.8. The largest absolute Gasteiger partial charge is 0.310 e. The highest BCUT2D eigenvalue weighted by Gasteiger charge is 2.35. The molecule has 0 spiro atoms. The summed E-state index contributed by atoms with van der Waals surface area (Å²) >= 11 is 1.89. The van der Waals surface area contributed by atoms with Gasteiger partial charge >= 0.3 is 0 Å². The second kappa shape index (κ2) is 10.8. The van der Waals surface area contributed by atoms with Crippen LogP contribution in [0.2, 0.25) is 0 Å². The van der Waals surface area contributed by atoms with E-state index in [-0.39, 0.29) is 5.41 Å². The highest BCUT2D eigenvalue weighted by molar-refractivity contribution is 7.26. The number of nitrogens with zero attached hydrogens (tertiary/aromatic N) is 1. The van der Waals surface area contributed by atoms with E-state index in [0.29, 0.717) is 0 Å². The Bertz CT molecular complexity index is 2430. The van der Waals surface area contributed by atoms with E-state index in [2.05, 4.69) is 183 Å². The molecule has 0 aliphatic heterocycles. The lowest BCUT2D eigenvalue weighted by Crippen LogP contribution is -2.16. The van der Waals surface area contributed by atoms with Crippen LogP contribution in [0.3, 0.4) is 0 Å². The minimum absolute atomic E-state index is 0.0903. The molecule has 8 aromatic rings. The second-order valence-corrected chi connectivity index (χ2v) is 14.0. The molecular weight excluding hydrogens is 587 g/mol. The molecular formula is C45H33NS. The first-order valence-corrected chi connectivity index (χ1v) is 17.1. The van der Waals surface area contributed by atoms with Gasteiger partial charge in [0.2, 0.25) is 0 Å². The summed E-state index contributed by atoms with van der Waals surface area (Å²) in [5.41, 5.74) is 13.7. The highest BCUT2D eigenvalue weighted by Crippen LogP contribution is 2.52. The van der Waals surface area contributed by atoms with Crippen molar-refractivity contribution in [2.24, 2.45) is 0 Å². The van der Waals surface area contributed by atoms with Crippen LogP contribution in [-0.2, 0) is 5.41 Å². The highest BCUT2D eigenvalue weighted by atomic mass is 32.1. The number of anilines is 3. The maximum atomic E-state index is 2.45. The fourth-order valence-corrected chi connectivity index (χ4v) is 8.78. The first-order chi connectivity index (χ1) is 23.1. The fourth-order valence-electron chi connectivity index (χ4n) is 7.55. The van der Waals surface area contributed by atoms with Crippen molar-refractivity contribution in [2.45, 2.75) is 19.3 Å². The number of hydrogen-bond acceptors (Lipinski definition) is 2. The molecule has 1 aliphatic rings. The van der Waals surface area contributed by atoms with Crippen molar-refractivity contribution in [1.82, 2.24) is 0 Å². The number of benzene rings is 7. The summed E-state index contributed by atoms with van der Waals surface area (Å²) in [6.45, 7) is 4.72. The van der Waals surface area contributed by atoms with Crippen molar-refractivity contribution < 1.29 is 0 Å². The molecule has 0 fully saturated rings. The number of thiophene rings is 1. The Morgan fingerprint density at radius 2 is 1.06 bits per heavy atom. The summed E-state index contributed by atoms with van der Waals surface area (Å²) in [6.07, 6.45) is 0. The van der Waals surface area contributed by atoms with Crippen molar-refractivity contribution >= 4 is 48.6 Å². The van der Waals surface area contributed by atoms with Gasteiger partial charge in [0.05, 0.1) is 5.69 Å². The van der Waals surface area contributed by atoms with E-state index in [9.17, 15) is 0 Å². The van der Waals surface area contributed by atoms with Crippen molar-refractivity contribution in [3.8, 4) is 33.4 Å². The predicted molar refractivity (Wildman–Crippen MR) is 202 cm³/mol. The molecule has 2 heteroatoms. The van der Waals surface area contributed by atoms with Gasteiger partial charge in [-0.1, -0.05) is 141 Å². The van der Waals surface area contributed by atoms with Gasteiger partial charge in [0, 0.05) is 48.1 Å². The number of fused-ring (bicyclic) bond motifs is 6. The first-order valence-electron chi connectivity index (χ1n) is 16.3. The number of para-hydroxylation sites is 1. The number of rotatable bonds is 5. The van der Waals surface area contributed by atoms with E-state index < -0.39 is 0 Å². The fraction of sp³-hybridized carbons (Fsp3) is 0.0667. The standard InChI is InChI=1S/C45H33NS/c1-45(2)40-20-9-6-15-34(40)35-28-27-33(29-41(35)45)46(32-25-23-31(24-26-32)30-13-4-3-5-14-30)42-21-10-7-16-36(42)38-18-12-19-39-37-17-8-11-22-43(37)47-44(38)39/h3-29H,1-2H3. The van der Waals surface area contributed by atoms with Gasteiger partial charge in [0.15, 0.2) is 0 Å². The van der Waals surface area contributed by atoms with Crippen LogP contribution in [0.15, 0.2) is 164 Å². The molecule has 0 saturated heterocycles. The molecule has 1 aromatic heterocycles. The smallest absolute Gasteiger partial charge is 0.0540 e. The summed E-state index contributed by atoms with van der Waals surface area (Å²) < 4.78 is 2.65. The van der Waals surface area contributed by atoms with Crippen molar-refractivity contribution in [3.05, 3.63) is 175 Å². The Morgan fingerprint density at radius 1 is 0.447 bits per heavy atom. The zero-order valence-electron chi connectivity index (χ0n) is 26.4. The van der Waals surface area contributed by atoms with Crippen LogP contribution in [0.5, 0.6) is 0 Å². The van der Waals surface area contributed by atoms with Crippen LogP contribution in [0.1, 0.15) is 25.0 Å². The monoisotopic (exact) mass is 619 g/mol. The summed E-state index contributed by atoms with van der Waals surface area (Å²) in [5, 5.41) is 2.63. The Morgan fingerprint density at radius 3 is 1.91 bits per heavy atom. The Hall–Kier alpha value is -5.44.